The molecule has 0 aliphatic rings. The van der Waals surface area contributed by atoms with Crippen molar-refractivity contribution in [2.75, 3.05) is 24.7 Å². The first-order chi connectivity index (χ1) is 21.3. The van der Waals surface area contributed by atoms with Gasteiger partial charge < -0.3 is 30.6 Å². The third kappa shape index (κ3) is 16.3. The highest BCUT2D eigenvalue weighted by Gasteiger charge is 2.28. The number of hydrogen-bond acceptors (Lipinski definition) is 7. The van der Waals surface area contributed by atoms with Crippen LogP contribution in [0.3, 0.4) is 0 Å². The Morgan fingerprint density at radius 1 is 0.532 bits per heavy atom. The molecule has 47 heavy (non-hydrogen) atoms. The third-order valence-electron chi connectivity index (χ3n) is 7.30. The number of carbonyl (C=O) groups is 2. The Kier molecular flexibility index (Phi) is 17.6. The van der Waals surface area contributed by atoms with Crippen LogP contribution in [0.4, 0.5) is 0 Å². The van der Waals surface area contributed by atoms with E-state index >= 15 is 0 Å². The topological polar surface area (TPSA) is 156 Å². The summed E-state index contributed by atoms with van der Waals surface area (Å²) in [6, 6.07) is 7.75. The zero-order valence-electron chi connectivity index (χ0n) is 30.9. The van der Waals surface area contributed by atoms with Crippen LogP contribution in [0.1, 0.15) is 129 Å². The predicted molar refractivity (Wildman–Crippen MR) is 194 cm³/mol. The zero-order valence-corrected chi connectivity index (χ0v) is 31.7. The molecule has 268 valence electrons. The number of aliphatic carboxylic acids is 2. The molecule has 6 N–H and O–H groups in total. The lowest BCUT2D eigenvalue weighted by Crippen LogP contribution is -2.18. The highest BCUT2D eigenvalue weighted by molar-refractivity contribution is 7.99. The SMILES string of the molecule is CC(C)(C)c1cc(CCC(=O)O)cc(C(C)(C)C)c1O.CC(C)(C)c1cc(CCC(=O)O)cc(C(C)(C)C)c1O.OCCSCCO. The molecule has 0 atom stereocenters. The van der Waals surface area contributed by atoms with E-state index in [9.17, 15) is 19.8 Å². The van der Waals surface area contributed by atoms with Gasteiger partial charge in [-0.05, 0) is 67.9 Å². The first-order valence-electron chi connectivity index (χ1n) is 16.2. The Labute approximate surface area is 287 Å². The minimum Gasteiger partial charge on any atom is -0.507 e. The Bertz CT molecular complexity index is 1120. The number of aliphatic hydroxyl groups is 2. The van der Waals surface area contributed by atoms with E-state index in [2.05, 4.69) is 83.1 Å². The quantitative estimate of drug-likeness (QED) is 0.139. The molecule has 0 fully saturated rings. The van der Waals surface area contributed by atoms with E-state index < -0.39 is 11.9 Å². The van der Waals surface area contributed by atoms with Gasteiger partial charge in [0, 0.05) is 24.3 Å². The monoisotopic (exact) mass is 678 g/mol. The minimum atomic E-state index is -0.798. The van der Waals surface area contributed by atoms with Crippen LogP contribution in [-0.4, -0.2) is 67.3 Å². The fourth-order valence-corrected chi connectivity index (χ4v) is 5.16. The first kappa shape index (κ1) is 44.2. The van der Waals surface area contributed by atoms with E-state index in [4.69, 9.17) is 20.4 Å². The number of benzene rings is 2. The van der Waals surface area contributed by atoms with Crippen LogP contribution in [0.2, 0.25) is 0 Å². The van der Waals surface area contributed by atoms with Crippen molar-refractivity contribution in [3.63, 3.8) is 0 Å². The zero-order chi connectivity index (χ0) is 37.0. The Hall–Kier alpha value is -2.75. The van der Waals surface area contributed by atoms with Crippen LogP contribution in [0.15, 0.2) is 24.3 Å². The standard InChI is InChI=1S/2C17H26O3.C4H10O2S/c2*1-16(2,3)12-9-11(7-8-14(18)19)10-13(15(12)20)17(4,5)6;5-1-3-7-4-2-6/h2*9-10,20H,7-8H2,1-6H3,(H,18,19);5-6H,1-4H2. The molecule has 0 radical (unpaired) electrons. The van der Waals surface area contributed by atoms with Crippen molar-refractivity contribution < 1.29 is 40.2 Å². The molecule has 0 heterocycles. The van der Waals surface area contributed by atoms with E-state index in [0.29, 0.717) is 24.3 Å². The van der Waals surface area contributed by atoms with Crippen molar-refractivity contribution in [2.24, 2.45) is 0 Å². The number of phenols is 2. The van der Waals surface area contributed by atoms with Crippen molar-refractivity contribution in [1.82, 2.24) is 0 Å². The lowest BCUT2D eigenvalue weighted by Gasteiger charge is -2.28. The second kappa shape index (κ2) is 18.7. The molecule has 9 heteroatoms. The fraction of sp³-hybridized carbons (Fsp3) is 0.632. The van der Waals surface area contributed by atoms with Crippen LogP contribution < -0.4 is 0 Å². The van der Waals surface area contributed by atoms with Gasteiger partial charge in [0.25, 0.3) is 0 Å². The van der Waals surface area contributed by atoms with Crippen molar-refractivity contribution in [3.8, 4) is 11.5 Å². The number of phenolic OH excluding ortho intramolecular Hbond substituents is 2. The molecule has 8 nitrogen and oxygen atoms in total. The van der Waals surface area contributed by atoms with Gasteiger partial charge >= 0.3 is 11.9 Å². The highest BCUT2D eigenvalue weighted by Crippen LogP contribution is 2.41. The summed E-state index contributed by atoms with van der Waals surface area (Å²) in [6.45, 7) is 25.0. The Morgan fingerprint density at radius 3 is 0.936 bits per heavy atom. The summed E-state index contributed by atoms with van der Waals surface area (Å²) in [7, 11) is 0. The maximum atomic E-state index is 10.8. The molecule has 0 bridgehead atoms. The number of carboxylic acids is 2. The maximum absolute atomic E-state index is 10.8. The second-order valence-corrected chi connectivity index (χ2v) is 17.2. The summed E-state index contributed by atoms with van der Waals surface area (Å²) in [6.07, 6.45) is 1.19. The summed E-state index contributed by atoms with van der Waals surface area (Å²) in [5, 5.41) is 55.1. The maximum Gasteiger partial charge on any atom is 0.303 e. The van der Waals surface area contributed by atoms with Gasteiger partial charge in [-0.25, -0.2) is 0 Å². The van der Waals surface area contributed by atoms with Gasteiger partial charge in [0.1, 0.15) is 11.5 Å². The van der Waals surface area contributed by atoms with E-state index in [1.54, 1.807) is 11.8 Å². The number of aryl methyl sites for hydroxylation is 2. The molecule has 0 aliphatic carbocycles. The molecule has 0 saturated heterocycles. The fourth-order valence-electron chi connectivity index (χ4n) is 4.70. The summed E-state index contributed by atoms with van der Waals surface area (Å²) in [5.41, 5.74) is 4.76. The molecular formula is C38H62O8S. The summed E-state index contributed by atoms with van der Waals surface area (Å²) >= 11 is 1.55. The largest absolute Gasteiger partial charge is 0.507 e. The van der Waals surface area contributed by atoms with Gasteiger partial charge in [-0.3, -0.25) is 9.59 Å². The average molecular weight is 679 g/mol. The number of hydrogen-bond donors (Lipinski definition) is 6. The van der Waals surface area contributed by atoms with Gasteiger partial charge in [-0.2, -0.15) is 11.8 Å². The van der Waals surface area contributed by atoms with Crippen LogP contribution in [0.25, 0.3) is 0 Å². The Morgan fingerprint density at radius 2 is 0.766 bits per heavy atom. The summed E-state index contributed by atoms with van der Waals surface area (Å²) < 4.78 is 0. The van der Waals surface area contributed by atoms with Gasteiger partial charge in [0.2, 0.25) is 0 Å². The van der Waals surface area contributed by atoms with Crippen LogP contribution in [-0.2, 0) is 44.1 Å². The van der Waals surface area contributed by atoms with Crippen molar-refractivity contribution >= 4 is 23.7 Å². The number of aliphatic hydroxyl groups excluding tert-OH is 2. The molecule has 0 spiro atoms. The predicted octanol–water partition coefficient (Wildman–Crippen LogP) is 7.71. The lowest BCUT2D eigenvalue weighted by molar-refractivity contribution is -0.138. The van der Waals surface area contributed by atoms with Crippen LogP contribution in [0, 0.1) is 0 Å². The number of rotatable bonds is 10. The van der Waals surface area contributed by atoms with Gasteiger partial charge in [0.05, 0.1) is 13.2 Å². The Balaban J connectivity index is 0.000000750. The van der Waals surface area contributed by atoms with Crippen molar-refractivity contribution in [2.45, 2.75) is 130 Å². The van der Waals surface area contributed by atoms with E-state index in [0.717, 1.165) is 44.9 Å². The number of aromatic hydroxyl groups is 2. The van der Waals surface area contributed by atoms with E-state index in [-0.39, 0.29) is 47.7 Å². The van der Waals surface area contributed by atoms with Gasteiger partial charge in [0.15, 0.2) is 0 Å². The average Bonchev–Trinajstić information content (AvgIpc) is 2.90. The molecule has 0 aliphatic heterocycles. The van der Waals surface area contributed by atoms with Crippen molar-refractivity contribution in [1.29, 1.82) is 0 Å². The van der Waals surface area contributed by atoms with Crippen LogP contribution in [0.5, 0.6) is 11.5 Å². The highest BCUT2D eigenvalue weighted by atomic mass is 32.2. The molecule has 0 unspecified atom stereocenters. The smallest absolute Gasteiger partial charge is 0.303 e. The minimum absolute atomic E-state index is 0.109. The number of thioether (sulfide) groups is 1. The molecule has 0 saturated carbocycles. The molecule has 2 rings (SSSR count). The normalized spacial score (nSPS) is 12.0. The molecule has 2 aromatic rings. The molecule has 0 aromatic heterocycles. The molecule has 0 amide bonds. The first-order valence-corrected chi connectivity index (χ1v) is 17.4. The molecular weight excluding hydrogens is 616 g/mol. The number of carboxylic acid groups (broad SMARTS) is 2. The summed E-state index contributed by atoms with van der Waals surface area (Å²) in [5.74, 6) is 0.551. The van der Waals surface area contributed by atoms with Gasteiger partial charge in [-0.1, -0.05) is 107 Å². The van der Waals surface area contributed by atoms with E-state index in [1.165, 1.54) is 0 Å². The van der Waals surface area contributed by atoms with Crippen molar-refractivity contribution in [3.05, 3.63) is 57.6 Å². The third-order valence-corrected chi connectivity index (χ3v) is 8.24. The molecule has 2 aromatic carbocycles. The second-order valence-electron chi connectivity index (χ2n) is 15.9. The van der Waals surface area contributed by atoms with Gasteiger partial charge in [-0.15, -0.1) is 0 Å². The lowest BCUT2D eigenvalue weighted by atomic mass is 9.78. The van der Waals surface area contributed by atoms with E-state index in [1.807, 2.05) is 24.3 Å². The summed E-state index contributed by atoms with van der Waals surface area (Å²) in [4.78, 5) is 21.5. The van der Waals surface area contributed by atoms with Crippen LogP contribution >= 0.6 is 11.8 Å².